The van der Waals surface area contributed by atoms with Crippen molar-refractivity contribution in [2.24, 2.45) is 0 Å². The third kappa shape index (κ3) is 20.1. The molecule has 13 heteroatoms. The number of benzene rings is 4. The SMILES string of the molecule is CCCCCCCCCCc1cccc(Oc2ccc(O)c(S(=O)(=O)O)c2)c1.CCCCCCCCCCc1cccc(Oc2ccc([O-])c(S(=O)(=O)[O-])c2)c1.[Ca+2]. The van der Waals surface area contributed by atoms with Gasteiger partial charge < -0.3 is 24.2 Å². The molecule has 0 aliphatic rings. The van der Waals surface area contributed by atoms with Crippen molar-refractivity contribution in [2.75, 3.05) is 0 Å². The van der Waals surface area contributed by atoms with Crippen molar-refractivity contribution < 1.29 is 45.6 Å². The monoisotopic (exact) mass is 850 g/mol. The van der Waals surface area contributed by atoms with E-state index in [4.69, 9.17) is 14.0 Å². The van der Waals surface area contributed by atoms with Crippen LogP contribution in [-0.2, 0) is 33.1 Å². The molecule has 4 rings (SSSR count). The molecular formula is C44H58CaO10S2. The fourth-order valence-electron chi connectivity index (χ4n) is 6.24. The van der Waals surface area contributed by atoms with Gasteiger partial charge in [-0.2, -0.15) is 8.42 Å². The maximum Gasteiger partial charge on any atom is 2.00 e. The van der Waals surface area contributed by atoms with Crippen LogP contribution in [0.3, 0.4) is 0 Å². The second-order valence-electron chi connectivity index (χ2n) is 14.1. The molecule has 0 aliphatic heterocycles. The van der Waals surface area contributed by atoms with Crippen LogP contribution in [0.15, 0.2) is 94.7 Å². The predicted octanol–water partition coefficient (Wildman–Crippen LogP) is 10.9. The van der Waals surface area contributed by atoms with Crippen LogP contribution in [0.25, 0.3) is 0 Å². The Morgan fingerprint density at radius 2 is 0.912 bits per heavy atom. The first-order chi connectivity index (χ1) is 26.8. The minimum atomic E-state index is -4.82. The van der Waals surface area contributed by atoms with Crippen molar-refractivity contribution in [1.29, 1.82) is 0 Å². The fourth-order valence-corrected chi connectivity index (χ4v) is 7.41. The minimum Gasteiger partial charge on any atom is -0.872 e. The Bertz CT molecular complexity index is 1840. The summed E-state index contributed by atoms with van der Waals surface area (Å²) in [5, 5.41) is 21.1. The van der Waals surface area contributed by atoms with Gasteiger partial charge in [0, 0.05) is 6.07 Å². The number of phenols is 1. The van der Waals surface area contributed by atoms with Crippen molar-refractivity contribution in [3.63, 3.8) is 0 Å². The van der Waals surface area contributed by atoms with Crippen molar-refractivity contribution >= 4 is 58.0 Å². The summed E-state index contributed by atoms with van der Waals surface area (Å²) in [4.78, 5) is -1.36. The summed E-state index contributed by atoms with van der Waals surface area (Å²) in [5.74, 6) is 0.172. The Balaban J connectivity index is 0.000000387. The first-order valence-corrected chi connectivity index (χ1v) is 22.8. The molecular weight excluding hydrogens is 793 g/mol. The van der Waals surface area contributed by atoms with Crippen LogP contribution in [0, 0.1) is 0 Å². The second kappa shape index (κ2) is 27.0. The molecule has 2 N–H and O–H groups in total. The summed E-state index contributed by atoms with van der Waals surface area (Å²) < 4.78 is 76.6. The van der Waals surface area contributed by atoms with E-state index in [1.807, 2.05) is 30.3 Å². The van der Waals surface area contributed by atoms with Gasteiger partial charge in [0.05, 0.1) is 4.90 Å². The number of aromatic hydroxyl groups is 1. The van der Waals surface area contributed by atoms with Crippen LogP contribution in [0.1, 0.15) is 128 Å². The topological polar surface area (TPSA) is 173 Å². The number of hydrogen-bond acceptors (Lipinski definition) is 9. The third-order valence-electron chi connectivity index (χ3n) is 9.30. The van der Waals surface area contributed by atoms with Gasteiger partial charge in [0.25, 0.3) is 10.1 Å². The van der Waals surface area contributed by atoms with E-state index in [0.717, 1.165) is 55.0 Å². The number of phenolic OH excluding ortho intramolecular Hbond substituents is 1. The molecule has 0 atom stereocenters. The van der Waals surface area contributed by atoms with Crippen LogP contribution in [-0.4, -0.2) is 68.8 Å². The molecule has 0 bridgehead atoms. The van der Waals surface area contributed by atoms with Crippen LogP contribution < -0.4 is 14.6 Å². The Labute approximate surface area is 370 Å². The number of ether oxygens (including phenoxy) is 2. The summed E-state index contributed by atoms with van der Waals surface area (Å²) in [5.41, 5.74) is 2.30. The van der Waals surface area contributed by atoms with E-state index < -0.39 is 41.5 Å². The van der Waals surface area contributed by atoms with Gasteiger partial charge in [-0.25, -0.2) is 8.42 Å². The average molecular weight is 851 g/mol. The van der Waals surface area contributed by atoms with E-state index in [1.165, 1.54) is 108 Å². The van der Waals surface area contributed by atoms with Gasteiger partial charge in [0.15, 0.2) is 0 Å². The molecule has 10 nitrogen and oxygen atoms in total. The Morgan fingerprint density at radius 3 is 1.33 bits per heavy atom. The molecule has 4 aromatic carbocycles. The van der Waals surface area contributed by atoms with E-state index in [0.29, 0.717) is 11.5 Å². The fraction of sp³-hybridized carbons (Fsp3) is 0.455. The van der Waals surface area contributed by atoms with Crippen molar-refractivity contribution in [3.05, 3.63) is 96.1 Å². The maximum atomic E-state index is 11.5. The predicted molar refractivity (Wildman–Crippen MR) is 223 cm³/mol. The van der Waals surface area contributed by atoms with Crippen LogP contribution in [0.2, 0.25) is 0 Å². The first kappa shape index (κ1) is 50.3. The Kier molecular flexibility index (Phi) is 23.8. The van der Waals surface area contributed by atoms with Gasteiger partial charge >= 0.3 is 37.7 Å². The molecule has 0 spiro atoms. The molecule has 0 saturated carbocycles. The van der Waals surface area contributed by atoms with E-state index >= 15 is 0 Å². The van der Waals surface area contributed by atoms with Crippen molar-refractivity contribution in [2.45, 2.75) is 139 Å². The van der Waals surface area contributed by atoms with E-state index in [9.17, 15) is 31.6 Å². The van der Waals surface area contributed by atoms with Crippen molar-refractivity contribution in [3.8, 4) is 34.5 Å². The number of hydrogen-bond donors (Lipinski definition) is 2. The molecule has 0 heterocycles. The molecule has 4 aromatic rings. The normalized spacial score (nSPS) is 11.3. The zero-order chi connectivity index (χ0) is 40.8. The van der Waals surface area contributed by atoms with Gasteiger partial charge in [-0.15, -0.1) is 0 Å². The maximum absolute atomic E-state index is 11.5. The average Bonchev–Trinajstić information content (AvgIpc) is 3.15. The van der Waals surface area contributed by atoms with E-state index in [-0.39, 0.29) is 49.2 Å². The van der Waals surface area contributed by atoms with Crippen LogP contribution in [0.5, 0.6) is 34.5 Å². The van der Waals surface area contributed by atoms with Crippen molar-refractivity contribution in [1.82, 2.24) is 0 Å². The molecule has 0 radical (unpaired) electrons. The summed E-state index contributed by atoms with van der Waals surface area (Å²) in [6.45, 7) is 4.45. The summed E-state index contributed by atoms with van der Waals surface area (Å²) in [7, 11) is -9.34. The molecule has 0 aromatic heterocycles. The molecule has 0 aliphatic carbocycles. The smallest absolute Gasteiger partial charge is 0.872 e. The largest absolute Gasteiger partial charge is 2.00 e. The first-order valence-electron chi connectivity index (χ1n) is 19.9. The molecule has 308 valence electrons. The molecule has 57 heavy (non-hydrogen) atoms. The zero-order valence-electron chi connectivity index (χ0n) is 33.5. The van der Waals surface area contributed by atoms with E-state index in [2.05, 4.69) is 19.9 Å². The van der Waals surface area contributed by atoms with Gasteiger partial charge in [0.1, 0.15) is 43.8 Å². The standard InChI is InChI=1S/2C22H30O5S.Ca/c2*1-2-3-4-5-6-7-8-9-11-18-12-10-13-19(16-18)27-20-14-15-21(23)22(17-20)28(24,25)26;/h2*10,12-17,23H,2-9,11H2,1H3,(H,24,25,26);/q;;+2/p-2. The zero-order valence-corrected chi connectivity index (χ0v) is 37.3. The number of rotatable bonds is 24. The number of aryl methyl sites for hydroxylation is 2. The summed E-state index contributed by atoms with van der Waals surface area (Å²) in [6, 6.07) is 22.4. The molecule has 0 unspecified atom stereocenters. The van der Waals surface area contributed by atoms with Gasteiger partial charge in [-0.3, -0.25) is 4.55 Å². The second-order valence-corrected chi connectivity index (χ2v) is 16.9. The van der Waals surface area contributed by atoms with E-state index in [1.54, 1.807) is 12.1 Å². The summed E-state index contributed by atoms with van der Waals surface area (Å²) >= 11 is 0. The Morgan fingerprint density at radius 1 is 0.526 bits per heavy atom. The number of unbranched alkanes of at least 4 members (excludes halogenated alkanes) is 14. The van der Waals surface area contributed by atoms with Crippen LogP contribution in [0.4, 0.5) is 0 Å². The molecule has 0 amide bonds. The molecule has 0 saturated heterocycles. The Hall–Kier alpha value is -2.84. The van der Waals surface area contributed by atoms with Crippen LogP contribution >= 0.6 is 0 Å². The van der Waals surface area contributed by atoms with Gasteiger partial charge in [-0.05, 0) is 85.3 Å². The molecule has 0 fully saturated rings. The summed E-state index contributed by atoms with van der Waals surface area (Å²) in [6.07, 6.45) is 22.2. The minimum absolute atomic E-state index is 0. The quantitative estimate of drug-likeness (QED) is 0.0392. The van der Waals surface area contributed by atoms with Gasteiger partial charge in [-0.1, -0.05) is 140 Å². The van der Waals surface area contributed by atoms with Gasteiger partial charge in [0.2, 0.25) is 0 Å². The third-order valence-corrected chi connectivity index (χ3v) is 11.0.